The van der Waals surface area contributed by atoms with E-state index in [0.717, 1.165) is 6.54 Å². The van der Waals surface area contributed by atoms with Crippen LogP contribution in [0.1, 0.15) is 72.1 Å². The van der Waals surface area contributed by atoms with Gasteiger partial charge >= 0.3 is 0 Å². The summed E-state index contributed by atoms with van der Waals surface area (Å²) in [4.78, 5) is 0. The fourth-order valence-electron chi connectivity index (χ4n) is 3.41. The van der Waals surface area contributed by atoms with Crippen LogP contribution in [0.5, 0.6) is 0 Å². The van der Waals surface area contributed by atoms with Gasteiger partial charge in [0, 0.05) is 6.04 Å². The van der Waals surface area contributed by atoms with Crippen LogP contribution in [0.15, 0.2) is 0 Å². The van der Waals surface area contributed by atoms with E-state index < -0.39 is 0 Å². The number of hydrogen-bond acceptors (Lipinski definition) is 2. The summed E-state index contributed by atoms with van der Waals surface area (Å²) >= 11 is 0. The Labute approximate surface area is 113 Å². The van der Waals surface area contributed by atoms with Crippen molar-refractivity contribution < 1.29 is 4.74 Å². The van der Waals surface area contributed by atoms with Crippen molar-refractivity contribution in [1.82, 2.24) is 5.32 Å². The van der Waals surface area contributed by atoms with Gasteiger partial charge in [-0.25, -0.2) is 0 Å². The van der Waals surface area contributed by atoms with Gasteiger partial charge in [0.2, 0.25) is 0 Å². The van der Waals surface area contributed by atoms with Gasteiger partial charge in [0.15, 0.2) is 0 Å². The third-order valence-corrected chi connectivity index (χ3v) is 4.76. The molecule has 2 heteroatoms. The lowest BCUT2D eigenvalue weighted by Gasteiger charge is -2.36. The molecule has 0 heterocycles. The first kappa shape index (κ1) is 14.3. The Kier molecular flexibility index (Phi) is 5.08. The summed E-state index contributed by atoms with van der Waals surface area (Å²) in [6.45, 7) is 8.16. The largest absolute Gasteiger partial charge is 0.373 e. The van der Waals surface area contributed by atoms with E-state index in [1.54, 1.807) is 0 Å². The van der Waals surface area contributed by atoms with E-state index in [0.29, 0.717) is 23.7 Å². The molecule has 2 saturated carbocycles. The Morgan fingerprint density at radius 2 is 1.83 bits per heavy atom. The number of rotatable bonds is 5. The van der Waals surface area contributed by atoms with Crippen LogP contribution in [0, 0.1) is 5.41 Å². The molecule has 18 heavy (non-hydrogen) atoms. The van der Waals surface area contributed by atoms with Crippen molar-refractivity contribution in [2.75, 3.05) is 6.54 Å². The average Bonchev–Trinajstić information content (AvgIpc) is 2.77. The lowest BCUT2D eigenvalue weighted by molar-refractivity contribution is -0.0517. The minimum absolute atomic E-state index is 0.489. The van der Waals surface area contributed by atoms with Gasteiger partial charge in [0.1, 0.15) is 0 Å². The van der Waals surface area contributed by atoms with Gasteiger partial charge in [-0.05, 0) is 63.3 Å². The van der Waals surface area contributed by atoms with Crippen LogP contribution in [-0.2, 0) is 4.74 Å². The zero-order chi connectivity index (χ0) is 13.0. The van der Waals surface area contributed by atoms with E-state index in [2.05, 4.69) is 26.1 Å². The molecular formula is C16H31NO. The molecule has 2 atom stereocenters. The third-order valence-electron chi connectivity index (χ3n) is 4.76. The van der Waals surface area contributed by atoms with Crippen molar-refractivity contribution >= 4 is 0 Å². The van der Waals surface area contributed by atoms with Crippen LogP contribution < -0.4 is 5.32 Å². The van der Waals surface area contributed by atoms with Crippen molar-refractivity contribution in [3.8, 4) is 0 Å². The third kappa shape index (κ3) is 3.96. The molecule has 0 amide bonds. The Hall–Kier alpha value is -0.0800. The first-order chi connectivity index (χ1) is 8.61. The molecule has 0 saturated heterocycles. The molecule has 2 nitrogen and oxygen atoms in total. The number of ether oxygens (including phenoxy) is 1. The van der Waals surface area contributed by atoms with Gasteiger partial charge in [-0.2, -0.15) is 0 Å². The van der Waals surface area contributed by atoms with Gasteiger partial charge in [0.05, 0.1) is 12.2 Å². The summed E-state index contributed by atoms with van der Waals surface area (Å²) < 4.78 is 6.39. The molecule has 106 valence electrons. The lowest BCUT2D eigenvalue weighted by atomic mass is 9.76. The van der Waals surface area contributed by atoms with Crippen molar-refractivity contribution in [3.05, 3.63) is 0 Å². The van der Waals surface area contributed by atoms with Gasteiger partial charge in [0.25, 0.3) is 0 Å². The molecule has 1 N–H and O–H groups in total. The van der Waals surface area contributed by atoms with Crippen molar-refractivity contribution in [2.45, 2.75) is 90.4 Å². The first-order valence-corrected chi connectivity index (χ1v) is 7.99. The second-order valence-electron chi connectivity index (χ2n) is 7.03. The Bertz CT molecular complexity index is 241. The standard InChI is InChI=1S/C16H31NO/c1-4-12-17-14-6-5-7-15(14)18-13-8-10-16(2,3)11-9-13/h13-15,17H,4-12H2,1-3H3. The summed E-state index contributed by atoms with van der Waals surface area (Å²) in [5, 5.41) is 3.66. The van der Waals surface area contributed by atoms with Crippen LogP contribution in [0.4, 0.5) is 0 Å². The second-order valence-corrected chi connectivity index (χ2v) is 7.03. The predicted octanol–water partition coefficient (Wildman–Crippen LogP) is 3.89. The molecule has 2 unspecified atom stereocenters. The second kappa shape index (κ2) is 6.38. The summed E-state index contributed by atoms with van der Waals surface area (Å²) in [7, 11) is 0. The molecule has 0 spiro atoms. The minimum atomic E-state index is 0.489. The normalized spacial score (nSPS) is 32.8. The number of hydrogen-bond donors (Lipinski definition) is 1. The monoisotopic (exact) mass is 253 g/mol. The molecule has 0 aromatic heterocycles. The topological polar surface area (TPSA) is 21.3 Å². The van der Waals surface area contributed by atoms with Gasteiger partial charge in [-0.15, -0.1) is 0 Å². The highest BCUT2D eigenvalue weighted by atomic mass is 16.5. The molecule has 0 aromatic rings. The molecule has 0 aromatic carbocycles. The highest BCUT2D eigenvalue weighted by Crippen LogP contribution is 2.37. The Balaban J connectivity index is 1.75. The van der Waals surface area contributed by atoms with Crippen LogP contribution in [0.25, 0.3) is 0 Å². The maximum atomic E-state index is 6.39. The van der Waals surface area contributed by atoms with E-state index >= 15 is 0 Å². The summed E-state index contributed by atoms with van der Waals surface area (Å²) in [5.41, 5.74) is 0.551. The molecule has 2 aliphatic carbocycles. The molecule has 2 fully saturated rings. The molecule has 0 radical (unpaired) electrons. The zero-order valence-electron chi connectivity index (χ0n) is 12.5. The van der Waals surface area contributed by atoms with Gasteiger partial charge in [-0.3, -0.25) is 0 Å². The molecular weight excluding hydrogens is 222 g/mol. The first-order valence-electron chi connectivity index (χ1n) is 7.99. The average molecular weight is 253 g/mol. The lowest BCUT2D eigenvalue weighted by Crippen LogP contribution is -2.40. The zero-order valence-corrected chi connectivity index (χ0v) is 12.5. The van der Waals surface area contributed by atoms with E-state index in [1.165, 1.54) is 51.4 Å². The molecule has 2 rings (SSSR count). The van der Waals surface area contributed by atoms with E-state index in [9.17, 15) is 0 Å². The summed E-state index contributed by atoms with van der Waals surface area (Å²) in [5.74, 6) is 0. The quantitative estimate of drug-likeness (QED) is 0.802. The van der Waals surface area contributed by atoms with E-state index in [4.69, 9.17) is 4.74 Å². The van der Waals surface area contributed by atoms with E-state index in [-0.39, 0.29) is 0 Å². The molecule has 0 aliphatic heterocycles. The fraction of sp³-hybridized carbons (Fsp3) is 1.00. The fourth-order valence-corrected chi connectivity index (χ4v) is 3.41. The van der Waals surface area contributed by atoms with Crippen molar-refractivity contribution in [1.29, 1.82) is 0 Å². The van der Waals surface area contributed by atoms with Crippen LogP contribution >= 0.6 is 0 Å². The molecule has 2 aliphatic rings. The highest BCUT2D eigenvalue weighted by molar-refractivity contribution is 4.86. The summed E-state index contributed by atoms with van der Waals surface area (Å²) in [6, 6.07) is 0.625. The van der Waals surface area contributed by atoms with Crippen molar-refractivity contribution in [2.24, 2.45) is 5.41 Å². The minimum Gasteiger partial charge on any atom is -0.373 e. The number of nitrogens with one attached hydrogen (secondary N) is 1. The van der Waals surface area contributed by atoms with Crippen LogP contribution in [-0.4, -0.2) is 24.8 Å². The maximum absolute atomic E-state index is 6.39. The smallest absolute Gasteiger partial charge is 0.0731 e. The van der Waals surface area contributed by atoms with Gasteiger partial charge < -0.3 is 10.1 Å². The highest BCUT2D eigenvalue weighted by Gasteiger charge is 2.33. The Morgan fingerprint density at radius 1 is 1.11 bits per heavy atom. The van der Waals surface area contributed by atoms with E-state index in [1.807, 2.05) is 0 Å². The van der Waals surface area contributed by atoms with Gasteiger partial charge in [-0.1, -0.05) is 20.8 Å². The SMILES string of the molecule is CCCNC1CCCC1OC1CCC(C)(C)CC1. The van der Waals surface area contributed by atoms with Crippen LogP contribution in [0.2, 0.25) is 0 Å². The van der Waals surface area contributed by atoms with Crippen LogP contribution in [0.3, 0.4) is 0 Å². The predicted molar refractivity (Wildman–Crippen MR) is 76.8 cm³/mol. The summed E-state index contributed by atoms with van der Waals surface area (Å²) in [6.07, 6.45) is 11.4. The maximum Gasteiger partial charge on any atom is 0.0731 e. The van der Waals surface area contributed by atoms with Crippen molar-refractivity contribution in [3.63, 3.8) is 0 Å². The molecule has 0 bridgehead atoms. The Morgan fingerprint density at radius 3 is 2.50 bits per heavy atom.